The van der Waals surface area contributed by atoms with Crippen molar-refractivity contribution in [1.82, 2.24) is 0 Å². The minimum absolute atomic E-state index is 0.0745. The zero-order chi connectivity index (χ0) is 20.5. The number of rotatable bonds is 5. The van der Waals surface area contributed by atoms with Gasteiger partial charge in [0.25, 0.3) is 0 Å². The Hall–Kier alpha value is -4.00. The van der Waals surface area contributed by atoms with E-state index in [-0.39, 0.29) is 29.3 Å². The monoisotopic (exact) mass is 404 g/mol. The fourth-order valence-corrected chi connectivity index (χ4v) is 3.26. The molecule has 0 atom stereocenters. The molecule has 0 fully saturated rings. The molecule has 3 heterocycles. The molecule has 1 aliphatic heterocycles. The maximum absolute atomic E-state index is 13.0. The third kappa shape index (κ3) is 3.20. The summed E-state index contributed by atoms with van der Waals surface area (Å²) in [5, 5.41) is 0.356. The van der Waals surface area contributed by atoms with Crippen molar-refractivity contribution in [1.29, 1.82) is 0 Å². The van der Waals surface area contributed by atoms with Gasteiger partial charge in [-0.3, -0.25) is 9.59 Å². The maximum atomic E-state index is 13.0. The van der Waals surface area contributed by atoms with Crippen molar-refractivity contribution in [2.75, 3.05) is 19.8 Å². The Morgan fingerprint density at radius 1 is 0.967 bits per heavy atom. The highest BCUT2D eigenvalue weighted by atomic mass is 16.6. The smallest absolute Gasteiger partial charge is 0.235 e. The average Bonchev–Trinajstić information content (AvgIpc) is 3.32. The Bertz CT molecular complexity index is 1280. The second kappa shape index (κ2) is 7.44. The lowest BCUT2D eigenvalue weighted by Crippen LogP contribution is -2.18. The predicted octanol–water partition coefficient (Wildman–Crippen LogP) is 4.09. The Kier molecular flexibility index (Phi) is 4.48. The molecule has 0 saturated carbocycles. The van der Waals surface area contributed by atoms with Crippen LogP contribution in [0.3, 0.4) is 0 Å². The van der Waals surface area contributed by atoms with Gasteiger partial charge in [0.15, 0.2) is 29.6 Å². The van der Waals surface area contributed by atoms with Gasteiger partial charge in [0, 0.05) is 5.56 Å². The molecule has 0 bridgehead atoms. The van der Waals surface area contributed by atoms with Crippen molar-refractivity contribution in [2.45, 2.75) is 0 Å². The van der Waals surface area contributed by atoms with Gasteiger partial charge in [-0.1, -0.05) is 12.1 Å². The van der Waals surface area contributed by atoms with Crippen molar-refractivity contribution in [2.24, 2.45) is 0 Å². The first-order valence-electron chi connectivity index (χ1n) is 9.36. The van der Waals surface area contributed by atoms with E-state index in [0.717, 1.165) is 0 Å². The molecule has 0 spiro atoms. The number of carbonyl (C=O) groups is 1. The van der Waals surface area contributed by atoms with Crippen LogP contribution in [-0.2, 0) is 0 Å². The van der Waals surface area contributed by atoms with Gasteiger partial charge in [-0.25, -0.2) is 0 Å². The van der Waals surface area contributed by atoms with Crippen molar-refractivity contribution < 1.29 is 27.8 Å². The third-order valence-corrected chi connectivity index (χ3v) is 4.71. The minimum atomic E-state index is -0.377. The maximum Gasteiger partial charge on any atom is 0.235 e. The summed E-state index contributed by atoms with van der Waals surface area (Å²) in [5.74, 6) is 1.18. The quantitative estimate of drug-likeness (QED) is 0.463. The van der Waals surface area contributed by atoms with Gasteiger partial charge in [-0.15, -0.1) is 0 Å². The molecule has 30 heavy (non-hydrogen) atoms. The number of furan rings is 1. The summed E-state index contributed by atoms with van der Waals surface area (Å²) in [6.07, 6.45) is 1.47. The standard InChI is InChI=1S/C23H16O7/c24-16(14-7-8-18-20(12-14)28-11-10-27-18)13-29-23-21(25)15-4-1-2-5-17(15)30-22(23)19-6-3-9-26-19/h1-9,12H,10-11,13H2. The van der Waals surface area contributed by atoms with E-state index in [1.165, 1.54) is 6.26 Å². The van der Waals surface area contributed by atoms with Gasteiger partial charge in [0.1, 0.15) is 18.8 Å². The van der Waals surface area contributed by atoms with Crippen LogP contribution in [0.4, 0.5) is 0 Å². The number of hydrogen-bond donors (Lipinski definition) is 0. The third-order valence-electron chi connectivity index (χ3n) is 4.71. The van der Waals surface area contributed by atoms with E-state index in [0.29, 0.717) is 47.0 Å². The second-order valence-electron chi connectivity index (χ2n) is 6.63. The van der Waals surface area contributed by atoms with Gasteiger partial charge < -0.3 is 23.0 Å². The SMILES string of the molecule is O=C(COc1c(-c2ccco2)oc2ccccc2c1=O)c1ccc2c(c1)OCCO2. The van der Waals surface area contributed by atoms with Crippen LogP contribution in [0.1, 0.15) is 10.4 Å². The molecular formula is C23H16O7. The minimum Gasteiger partial charge on any atom is -0.486 e. The first kappa shape index (κ1) is 18.1. The van der Waals surface area contributed by atoms with Crippen molar-refractivity contribution in [3.63, 3.8) is 0 Å². The van der Waals surface area contributed by atoms with Crippen LogP contribution in [0.2, 0.25) is 0 Å². The highest BCUT2D eigenvalue weighted by molar-refractivity contribution is 5.98. The number of para-hydroxylation sites is 1. The Morgan fingerprint density at radius 2 is 1.80 bits per heavy atom. The molecular weight excluding hydrogens is 388 g/mol. The van der Waals surface area contributed by atoms with Gasteiger partial charge in [-0.05, 0) is 42.5 Å². The van der Waals surface area contributed by atoms with E-state index in [9.17, 15) is 9.59 Å². The van der Waals surface area contributed by atoms with Crippen molar-refractivity contribution >= 4 is 16.8 Å². The number of benzene rings is 2. The Labute approximate surface area is 170 Å². The molecule has 0 aliphatic carbocycles. The first-order valence-corrected chi connectivity index (χ1v) is 9.36. The molecule has 5 rings (SSSR count). The number of hydrogen-bond acceptors (Lipinski definition) is 7. The molecule has 0 amide bonds. The summed E-state index contributed by atoms with van der Waals surface area (Å²) in [5.41, 5.74) is 0.418. The number of ether oxygens (including phenoxy) is 3. The molecule has 4 aromatic rings. The number of carbonyl (C=O) groups excluding carboxylic acids is 1. The average molecular weight is 404 g/mol. The van der Waals surface area contributed by atoms with Crippen LogP contribution in [0, 0.1) is 0 Å². The largest absolute Gasteiger partial charge is 0.486 e. The molecule has 2 aromatic heterocycles. The second-order valence-corrected chi connectivity index (χ2v) is 6.63. The van der Waals surface area contributed by atoms with Crippen LogP contribution < -0.4 is 19.6 Å². The fourth-order valence-electron chi connectivity index (χ4n) is 3.26. The van der Waals surface area contributed by atoms with Gasteiger partial charge in [-0.2, -0.15) is 0 Å². The molecule has 0 unspecified atom stereocenters. The molecule has 0 saturated heterocycles. The van der Waals surface area contributed by atoms with Gasteiger partial charge in [0.2, 0.25) is 16.9 Å². The normalized spacial score (nSPS) is 12.7. The molecule has 7 heteroatoms. The highest BCUT2D eigenvalue weighted by Crippen LogP contribution is 2.32. The van der Waals surface area contributed by atoms with E-state index in [1.807, 2.05) is 0 Å². The highest BCUT2D eigenvalue weighted by Gasteiger charge is 2.21. The predicted molar refractivity (Wildman–Crippen MR) is 107 cm³/mol. The van der Waals surface area contributed by atoms with Crippen LogP contribution in [0.5, 0.6) is 17.2 Å². The molecule has 7 nitrogen and oxygen atoms in total. The zero-order valence-electron chi connectivity index (χ0n) is 15.8. The van der Waals surface area contributed by atoms with Gasteiger partial charge in [0.05, 0.1) is 11.6 Å². The van der Waals surface area contributed by atoms with Crippen LogP contribution in [0.25, 0.3) is 22.5 Å². The van der Waals surface area contributed by atoms with Crippen LogP contribution >= 0.6 is 0 Å². The lowest BCUT2D eigenvalue weighted by atomic mass is 10.1. The molecule has 1 aliphatic rings. The lowest BCUT2D eigenvalue weighted by molar-refractivity contribution is 0.0919. The van der Waals surface area contributed by atoms with E-state index >= 15 is 0 Å². The van der Waals surface area contributed by atoms with E-state index < -0.39 is 0 Å². The molecule has 150 valence electrons. The summed E-state index contributed by atoms with van der Waals surface area (Å²) in [6, 6.07) is 15.1. The van der Waals surface area contributed by atoms with Crippen molar-refractivity contribution in [3.8, 4) is 28.8 Å². The number of fused-ring (bicyclic) bond motifs is 2. The number of Topliss-reactive ketones (excluding diaryl/α,β-unsaturated/α-hetero) is 1. The van der Waals surface area contributed by atoms with Crippen molar-refractivity contribution in [3.05, 3.63) is 76.6 Å². The molecule has 2 aromatic carbocycles. The molecule has 0 N–H and O–H groups in total. The Morgan fingerprint density at radius 3 is 2.63 bits per heavy atom. The Balaban J connectivity index is 1.48. The zero-order valence-corrected chi connectivity index (χ0v) is 15.8. The van der Waals surface area contributed by atoms with E-state index in [2.05, 4.69) is 0 Å². The summed E-state index contributed by atoms with van der Waals surface area (Å²) in [7, 11) is 0. The van der Waals surface area contributed by atoms with Crippen LogP contribution in [0.15, 0.2) is 74.5 Å². The topological polar surface area (TPSA) is 88.1 Å². The van der Waals surface area contributed by atoms with Gasteiger partial charge >= 0.3 is 0 Å². The number of ketones is 1. The van der Waals surface area contributed by atoms with E-state index in [4.69, 9.17) is 23.0 Å². The summed E-state index contributed by atoms with van der Waals surface area (Å²) in [6.45, 7) is 0.541. The first-order chi connectivity index (χ1) is 14.7. The summed E-state index contributed by atoms with van der Waals surface area (Å²) in [4.78, 5) is 25.7. The molecule has 0 radical (unpaired) electrons. The fraction of sp³-hybridized carbons (Fsp3) is 0.130. The van der Waals surface area contributed by atoms with Crippen LogP contribution in [-0.4, -0.2) is 25.6 Å². The summed E-state index contributed by atoms with van der Waals surface area (Å²) < 4.78 is 27.9. The summed E-state index contributed by atoms with van der Waals surface area (Å²) >= 11 is 0. The van der Waals surface area contributed by atoms with E-state index in [1.54, 1.807) is 54.6 Å². The lowest BCUT2D eigenvalue weighted by Gasteiger charge is -2.18.